The molecule has 1 amide bonds. The summed E-state index contributed by atoms with van der Waals surface area (Å²) >= 11 is 0. The summed E-state index contributed by atoms with van der Waals surface area (Å²) in [5.41, 5.74) is 1.10. The molecule has 3 heterocycles. The van der Waals surface area contributed by atoms with E-state index in [2.05, 4.69) is 11.0 Å². The Hall–Kier alpha value is -1.84. The molecule has 3 fully saturated rings. The number of hydrogen-bond donors (Lipinski definition) is 0. The van der Waals surface area contributed by atoms with Gasteiger partial charge in [0.15, 0.2) is 0 Å². The SMILES string of the molecule is COc1cccc(N2CCN(C(=O)[C@H]3CCCN(S(=O)(=O)N4CCCCCC4)C3)CC2)c1. The number of benzene rings is 1. The lowest BCUT2D eigenvalue weighted by atomic mass is 9.97. The molecular weight excluding hydrogens is 428 g/mol. The Morgan fingerprint density at radius 1 is 0.906 bits per heavy atom. The van der Waals surface area contributed by atoms with E-state index in [0.717, 1.165) is 63.1 Å². The summed E-state index contributed by atoms with van der Waals surface area (Å²) in [4.78, 5) is 17.4. The van der Waals surface area contributed by atoms with Crippen molar-refractivity contribution in [3.05, 3.63) is 24.3 Å². The fourth-order valence-electron chi connectivity index (χ4n) is 5.04. The quantitative estimate of drug-likeness (QED) is 0.668. The molecule has 3 aliphatic rings. The molecule has 32 heavy (non-hydrogen) atoms. The van der Waals surface area contributed by atoms with Crippen LogP contribution < -0.4 is 9.64 Å². The minimum atomic E-state index is -3.48. The van der Waals surface area contributed by atoms with Crippen LogP contribution in [0.4, 0.5) is 5.69 Å². The fraction of sp³-hybridized carbons (Fsp3) is 0.696. The van der Waals surface area contributed by atoms with E-state index in [-0.39, 0.29) is 11.8 Å². The zero-order valence-electron chi connectivity index (χ0n) is 19.1. The van der Waals surface area contributed by atoms with Crippen LogP contribution in [0.1, 0.15) is 38.5 Å². The van der Waals surface area contributed by atoms with Crippen LogP contribution in [0.15, 0.2) is 24.3 Å². The van der Waals surface area contributed by atoms with Gasteiger partial charge in [-0.25, -0.2) is 0 Å². The number of piperazine rings is 1. The maximum atomic E-state index is 13.3. The zero-order valence-corrected chi connectivity index (χ0v) is 19.9. The summed E-state index contributed by atoms with van der Waals surface area (Å²) < 4.78 is 34.9. The molecule has 1 aromatic carbocycles. The molecule has 9 heteroatoms. The van der Waals surface area contributed by atoms with Crippen LogP contribution >= 0.6 is 0 Å². The number of piperidine rings is 1. The van der Waals surface area contributed by atoms with Crippen LogP contribution in [0.5, 0.6) is 5.75 Å². The van der Waals surface area contributed by atoms with Crippen molar-refractivity contribution in [1.82, 2.24) is 13.5 Å². The molecule has 3 aliphatic heterocycles. The van der Waals surface area contributed by atoms with Crippen LogP contribution in [-0.2, 0) is 15.0 Å². The van der Waals surface area contributed by atoms with E-state index in [9.17, 15) is 13.2 Å². The maximum absolute atomic E-state index is 13.3. The van der Waals surface area contributed by atoms with Crippen LogP contribution in [0, 0.1) is 5.92 Å². The first-order chi connectivity index (χ1) is 15.5. The van der Waals surface area contributed by atoms with Gasteiger partial charge >= 0.3 is 0 Å². The Bertz CT molecular complexity index is 878. The molecule has 0 spiro atoms. The van der Waals surface area contributed by atoms with Crippen molar-refractivity contribution in [1.29, 1.82) is 0 Å². The highest BCUT2D eigenvalue weighted by molar-refractivity contribution is 7.86. The number of ether oxygens (including phenoxy) is 1. The second-order valence-corrected chi connectivity index (χ2v) is 11.0. The summed E-state index contributed by atoms with van der Waals surface area (Å²) in [7, 11) is -1.82. The predicted molar refractivity (Wildman–Crippen MR) is 125 cm³/mol. The van der Waals surface area contributed by atoms with Gasteiger partial charge in [0, 0.05) is 64.1 Å². The van der Waals surface area contributed by atoms with Gasteiger partial charge in [0.05, 0.1) is 13.0 Å². The first-order valence-electron chi connectivity index (χ1n) is 11.9. The number of anilines is 1. The van der Waals surface area contributed by atoms with Crippen molar-refractivity contribution in [3.8, 4) is 5.75 Å². The third-order valence-electron chi connectivity index (χ3n) is 6.96. The summed E-state index contributed by atoms with van der Waals surface area (Å²) in [6.45, 7) is 4.88. The smallest absolute Gasteiger partial charge is 0.281 e. The standard InChI is InChI=1S/C23H36N4O4S/c1-31-22-10-6-9-21(18-22)24-14-16-25(17-15-24)23(28)20-8-7-13-27(19-20)32(29,30)26-11-4-2-3-5-12-26/h6,9-10,18,20H,2-5,7-8,11-17,19H2,1H3/t20-/m0/s1. The molecule has 0 bridgehead atoms. The Morgan fingerprint density at radius 3 is 2.28 bits per heavy atom. The molecule has 0 saturated carbocycles. The van der Waals surface area contributed by atoms with E-state index >= 15 is 0 Å². The van der Waals surface area contributed by atoms with Gasteiger partial charge in [-0.15, -0.1) is 0 Å². The van der Waals surface area contributed by atoms with Gasteiger partial charge in [-0.05, 0) is 37.8 Å². The zero-order chi connectivity index (χ0) is 22.6. The monoisotopic (exact) mass is 464 g/mol. The van der Waals surface area contributed by atoms with Gasteiger partial charge in [-0.3, -0.25) is 4.79 Å². The Morgan fingerprint density at radius 2 is 1.59 bits per heavy atom. The van der Waals surface area contributed by atoms with E-state index in [1.165, 1.54) is 0 Å². The molecule has 0 N–H and O–H groups in total. The summed E-state index contributed by atoms with van der Waals surface area (Å²) in [6, 6.07) is 7.99. The lowest BCUT2D eigenvalue weighted by molar-refractivity contribution is -0.137. The van der Waals surface area contributed by atoms with E-state index < -0.39 is 10.2 Å². The summed E-state index contributed by atoms with van der Waals surface area (Å²) in [6.07, 6.45) is 5.54. The minimum Gasteiger partial charge on any atom is -0.497 e. The van der Waals surface area contributed by atoms with E-state index in [4.69, 9.17) is 4.74 Å². The lowest BCUT2D eigenvalue weighted by Crippen LogP contribution is -2.54. The Balaban J connectivity index is 1.34. The number of rotatable bonds is 5. The van der Waals surface area contributed by atoms with Gasteiger partial charge in [-0.2, -0.15) is 17.0 Å². The number of amides is 1. The van der Waals surface area contributed by atoms with Gasteiger partial charge in [0.2, 0.25) is 5.91 Å². The number of carbonyl (C=O) groups excluding carboxylic acids is 1. The predicted octanol–water partition coefficient (Wildman–Crippen LogP) is 2.18. The van der Waals surface area contributed by atoms with Crippen molar-refractivity contribution in [2.24, 2.45) is 5.92 Å². The second kappa shape index (κ2) is 10.4. The van der Waals surface area contributed by atoms with Crippen molar-refractivity contribution in [2.75, 3.05) is 64.4 Å². The summed E-state index contributed by atoms with van der Waals surface area (Å²) in [5, 5.41) is 0. The van der Waals surface area contributed by atoms with Crippen LogP contribution in [-0.4, -0.2) is 87.3 Å². The van der Waals surface area contributed by atoms with Gasteiger partial charge in [0.1, 0.15) is 5.75 Å². The molecule has 0 aliphatic carbocycles. The first kappa shape index (κ1) is 23.3. The van der Waals surface area contributed by atoms with Crippen molar-refractivity contribution in [2.45, 2.75) is 38.5 Å². The molecule has 0 aromatic heterocycles. The van der Waals surface area contributed by atoms with E-state index in [1.807, 2.05) is 23.1 Å². The molecule has 0 radical (unpaired) electrons. The molecule has 8 nitrogen and oxygen atoms in total. The molecule has 178 valence electrons. The number of hydrogen-bond acceptors (Lipinski definition) is 5. The van der Waals surface area contributed by atoms with E-state index in [0.29, 0.717) is 39.3 Å². The van der Waals surface area contributed by atoms with Crippen molar-refractivity contribution < 1.29 is 17.9 Å². The molecule has 0 unspecified atom stereocenters. The first-order valence-corrected chi connectivity index (χ1v) is 13.3. The molecular formula is C23H36N4O4S. The third-order valence-corrected chi connectivity index (χ3v) is 8.96. The molecule has 1 aromatic rings. The van der Waals surface area contributed by atoms with Crippen LogP contribution in [0.3, 0.4) is 0 Å². The molecule has 3 saturated heterocycles. The average Bonchev–Trinajstić information content (AvgIpc) is 3.14. The number of methoxy groups -OCH3 is 1. The minimum absolute atomic E-state index is 0.103. The van der Waals surface area contributed by atoms with Crippen molar-refractivity contribution in [3.63, 3.8) is 0 Å². The number of nitrogens with zero attached hydrogens (tertiary/aromatic N) is 4. The Labute approximate surface area is 192 Å². The number of carbonyl (C=O) groups is 1. The molecule has 4 rings (SSSR count). The Kier molecular flexibility index (Phi) is 7.58. The maximum Gasteiger partial charge on any atom is 0.281 e. The normalized spacial score (nSPS) is 24.2. The average molecular weight is 465 g/mol. The van der Waals surface area contributed by atoms with Crippen molar-refractivity contribution >= 4 is 21.8 Å². The van der Waals surface area contributed by atoms with Gasteiger partial charge < -0.3 is 14.5 Å². The highest BCUT2D eigenvalue weighted by Gasteiger charge is 2.37. The van der Waals surface area contributed by atoms with Crippen LogP contribution in [0.2, 0.25) is 0 Å². The van der Waals surface area contributed by atoms with Crippen LogP contribution in [0.25, 0.3) is 0 Å². The highest BCUT2D eigenvalue weighted by atomic mass is 32.2. The highest BCUT2D eigenvalue weighted by Crippen LogP contribution is 2.26. The fourth-order valence-corrected chi connectivity index (χ4v) is 6.81. The largest absolute Gasteiger partial charge is 0.497 e. The van der Waals surface area contributed by atoms with E-state index in [1.54, 1.807) is 15.7 Å². The second-order valence-electron chi connectivity index (χ2n) is 9.03. The summed E-state index contributed by atoms with van der Waals surface area (Å²) in [5.74, 6) is 0.689. The van der Waals surface area contributed by atoms with Gasteiger partial charge in [0.25, 0.3) is 10.2 Å². The lowest BCUT2D eigenvalue weighted by Gasteiger charge is -2.40. The van der Waals surface area contributed by atoms with Gasteiger partial charge in [-0.1, -0.05) is 18.9 Å². The topological polar surface area (TPSA) is 73.4 Å². The molecule has 1 atom stereocenters. The third kappa shape index (κ3) is 5.21.